The van der Waals surface area contributed by atoms with Crippen LogP contribution in [0.5, 0.6) is 5.75 Å². The number of hydrogen-bond donors (Lipinski definition) is 1. The lowest BCUT2D eigenvalue weighted by Crippen LogP contribution is -2.44. The molecule has 0 aliphatic heterocycles. The minimum Gasteiger partial charge on any atom is -0.497 e. The number of rotatable bonds is 8. The number of methoxy groups -OCH3 is 1. The molecule has 0 fully saturated rings. The van der Waals surface area contributed by atoms with Crippen LogP contribution in [0, 0.1) is 13.8 Å². The van der Waals surface area contributed by atoms with Crippen molar-refractivity contribution in [3.63, 3.8) is 0 Å². The lowest BCUT2D eigenvalue weighted by molar-refractivity contribution is -0.122. The van der Waals surface area contributed by atoms with E-state index in [9.17, 15) is 9.59 Å². The lowest BCUT2D eigenvalue weighted by atomic mass is 10.0. The summed E-state index contributed by atoms with van der Waals surface area (Å²) in [4.78, 5) is 34.0. The number of aromatic nitrogens is 1. The van der Waals surface area contributed by atoms with E-state index in [1.807, 2.05) is 37.3 Å². The maximum atomic E-state index is 14.0. The maximum absolute atomic E-state index is 14.0. The number of benzene rings is 2. The van der Waals surface area contributed by atoms with Gasteiger partial charge in [-0.2, -0.15) is 0 Å². The Morgan fingerprint density at radius 3 is 2.53 bits per heavy atom. The van der Waals surface area contributed by atoms with Crippen LogP contribution >= 0.6 is 11.3 Å². The molecule has 4 aromatic rings. The van der Waals surface area contributed by atoms with Crippen molar-refractivity contribution in [2.24, 2.45) is 0 Å². The molecular formula is C26H25N3O4S. The van der Waals surface area contributed by atoms with Crippen molar-refractivity contribution in [3.8, 4) is 5.75 Å². The van der Waals surface area contributed by atoms with E-state index in [1.54, 1.807) is 56.7 Å². The molecule has 1 N–H and O–H groups in total. The number of nitrogens with one attached hydrogen (secondary N) is 1. The number of thiazole rings is 1. The van der Waals surface area contributed by atoms with E-state index in [0.29, 0.717) is 33.3 Å². The van der Waals surface area contributed by atoms with Gasteiger partial charge in [0.1, 0.15) is 22.4 Å². The minimum atomic E-state index is -0.933. The van der Waals surface area contributed by atoms with Gasteiger partial charge in [-0.3, -0.25) is 14.5 Å². The fourth-order valence-corrected chi connectivity index (χ4v) is 4.58. The monoisotopic (exact) mass is 475 g/mol. The van der Waals surface area contributed by atoms with Crippen LogP contribution < -0.4 is 15.0 Å². The highest BCUT2D eigenvalue weighted by Crippen LogP contribution is 2.33. The molecule has 2 aromatic heterocycles. The topological polar surface area (TPSA) is 84.7 Å². The first kappa shape index (κ1) is 23.3. The van der Waals surface area contributed by atoms with E-state index < -0.39 is 6.04 Å². The van der Waals surface area contributed by atoms with Crippen molar-refractivity contribution in [1.29, 1.82) is 0 Å². The molecule has 4 rings (SSSR count). The number of amides is 2. The number of furan rings is 1. The summed E-state index contributed by atoms with van der Waals surface area (Å²) >= 11 is 1.31. The number of ether oxygens (including phenoxy) is 1. The van der Waals surface area contributed by atoms with E-state index in [-0.39, 0.29) is 18.4 Å². The molecule has 0 spiro atoms. The second-order valence-electron chi connectivity index (χ2n) is 7.63. The summed E-state index contributed by atoms with van der Waals surface area (Å²) in [5.74, 6) is 0.555. The Kier molecular flexibility index (Phi) is 7.08. The SMILES string of the molecule is COc1cccc(N(C(=O)c2sc(C)nc2C)C(C(=O)NCc2ccco2)c2ccccc2)c1. The van der Waals surface area contributed by atoms with E-state index in [2.05, 4.69) is 10.3 Å². The van der Waals surface area contributed by atoms with Crippen LogP contribution in [0.2, 0.25) is 0 Å². The molecule has 0 aliphatic carbocycles. The number of carbonyl (C=O) groups excluding carboxylic acids is 2. The zero-order valence-electron chi connectivity index (χ0n) is 19.1. The standard InChI is InChI=1S/C26H25N3O4S/c1-17-24(34-18(2)28-17)26(31)29(20-11-7-12-21(15-20)32-3)23(19-9-5-4-6-10-19)25(30)27-16-22-13-8-14-33-22/h4-15,23H,16H2,1-3H3,(H,27,30). The van der Waals surface area contributed by atoms with Gasteiger partial charge in [0.05, 0.1) is 30.6 Å². The third-order valence-corrected chi connectivity index (χ3v) is 6.35. The molecule has 0 saturated heterocycles. The van der Waals surface area contributed by atoms with Gasteiger partial charge in [-0.15, -0.1) is 11.3 Å². The fourth-order valence-electron chi connectivity index (χ4n) is 3.72. The van der Waals surface area contributed by atoms with E-state index in [0.717, 1.165) is 5.01 Å². The van der Waals surface area contributed by atoms with Crippen LogP contribution in [0.15, 0.2) is 77.4 Å². The lowest BCUT2D eigenvalue weighted by Gasteiger charge is -2.31. The third-order valence-electron chi connectivity index (χ3n) is 5.29. The third kappa shape index (κ3) is 5.02. The van der Waals surface area contributed by atoms with Gasteiger partial charge >= 0.3 is 0 Å². The van der Waals surface area contributed by atoms with Crippen LogP contribution in [0.4, 0.5) is 5.69 Å². The van der Waals surface area contributed by atoms with Crippen molar-refractivity contribution in [2.45, 2.75) is 26.4 Å². The molecule has 0 saturated carbocycles. The molecule has 1 unspecified atom stereocenters. The van der Waals surface area contributed by atoms with Crippen molar-refractivity contribution < 1.29 is 18.7 Å². The summed E-state index contributed by atoms with van der Waals surface area (Å²) in [6.07, 6.45) is 1.55. The molecule has 2 aromatic carbocycles. The number of hydrogen-bond acceptors (Lipinski definition) is 6. The van der Waals surface area contributed by atoms with Crippen molar-refractivity contribution in [3.05, 3.63) is 99.9 Å². The minimum absolute atomic E-state index is 0.202. The van der Waals surface area contributed by atoms with Gasteiger partial charge in [0.25, 0.3) is 5.91 Å². The van der Waals surface area contributed by atoms with E-state index in [4.69, 9.17) is 9.15 Å². The van der Waals surface area contributed by atoms with Crippen LogP contribution in [0.25, 0.3) is 0 Å². The Labute approximate surface area is 202 Å². The molecular weight excluding hydrogens is 450 g/mol. The van der Waals surface area contributed by atoms with Gasteiger partial charge in [0, 0.05) is 11.8 Å². The van der Waals surface area contributed by atoms with Crippen molar-refractivity contribution in [1.82, 2.24) is 10.3 Å². The maximum Gasteiger partial charge on any atom is 0.271 e. The van der Waals surface area contributed by atoms with Crippen molar-refractivity contribution in [2.75, 3.05) is 12.0 Å². The van der Waals surface area contributed by atoms with E-state index in [1.165, 1.54) is 16.2 Å². The summed E-state index contributed by atoms with van der Waals surface area (Å²) < 4.78 is 10.8. The Bertz CT molecular complexity index is 1270. The molecule has 0 bridgehead atoms. The molecule has 2 heterocycles. The summed E-state index contributed by atoms with van der Waals surface area (Å²) in [5.41, 5.74) is 1.84. The number of anilines is 1. The summed E-state index contributed by atoms with van der Waals surface area (Å²) in [5, 5.41) is 3.70. The number of aryl methyl sites for hydroxylation is 2. The second-order valence-corrected chi connectivity index (χ2v) is 8.84. The molecule has 0 aliphatic rings. The summed E-state index contributed by atoms with van der Waals surface area (Å²) in [6.45, 7) is 3.86. The molecule has 34 heavy (non-hydrogen) atoms. The first-order chi connectivity index (χ1) is 16.5. The highest BCUT2D eigenvalue weighted by molar-refractivity contribution is 7.13. The van der Waals surface area contributed by atoms with Crippen LogP contribution in [-0.4, -0.2) is 23.9 Å². The summed E-state index contributed by atoms with van der Waals surface area (Å²) in [7, 11) is 1.56. The van der Waals surface area contributed by atoms with Gasteiger partial charge in [0.15, 0.2) is 0 Å². The first-order valence-electron chi connectivity index (χ1n) is 10.7. The van der Waals surface area contributed by atoms with Gasteiger partial charge in [-0.25, -0.2) is 4.98 Å². The first-order valence-corrected chi connectivity index (χ1v) is 11.6. The van der Waals surface area contributed by atoms with Gasteiger partial charge in [-0.05, 0) is 43.7 Å². The summed E-state index contributed by atoms with van der Waals surface area (Å²) in [6, 6.07) is 19.0. The molecule has 7 nitrogen and oxygen atoms in total. The molecule has 174 valence electrons. The van der Waals surface area contributed by atoms with Crippen LogP contribution in [0.3, 0.4) is 0 Å². The zero-order valence-corrected chi connectivity index (χ0v) is 20.0. The average Bonchev–Trinajstić information content (AvgIpc) is 3.50. The highest BCUT2D eigenvalue weighted by Gasteiger charge is 2.35. The smallest absolute Gasteiger partial charge is 0.271 e. The molecule has 8 heteroatoms. The highest BCUT2D eigenvalue weighted by atomic mass is 32.1. The van der Waals surface area contributed by atoms with Gasteiger partial charge < -0.3 is 14.5 Å². The van der Waals surface area contributed by atoms with Crippen LogP contribution in [0.1, 0.15) is 37.7 Å². The Balaban J connectivity index is 1.82. The fraction of sp³-hybridized carbons (Fsp3) is 0.192. The molecule has 0 radical (unpaired) electrons. The Hall–Kier alpha value is -3.91. The molecule has 2 amide bonds. The predicted octanol–water partition coefficient (Wildman–Crippen LogP) is 5.07. The average molecular weight is 476 g/mol. The van der Waals surface area contributed by atoms with Crippen LogP contribution in [-0.2, 0) is 11.3 Å². The zero-order chi connectivity index (χ0) is 24.1. The number of nitrogens with zero attached hydrogens (tertiary/aromatic N) is 2. The largest absolute Gasteiger partial charge is 0.497 e. The second kappa shape index (κ2) is 10.4. The number of carbonyl (C=O) groups is 2. The molecule has 1 atom stereocenters. The quantitative estimate of drug-likeness (QED) is 0.385. The van der Waals surface area contributed by atoms with E-state index >= 15 is 0 Å². The van der Waals surface area contributed by atoms with Crippen molar-refractivity contribution >= 4 is 28.8 Å². The predicted molar refractivity (Wildman–Crippen MR) is 131 cm³/mol. The van der Waals surface area contributed by atoms with Gasteiger partial charge in [0.2, 0.25) is 5.91 Å². The Morgan fingerprint density at radius 1 is 1.09 bits per heavy atom. The Morgan fingerprint density at radius 2 is 1.88 bits per heavy atom. The van der Waals surface area contributed by atoms with Gasteiger partial charge in [-0.1, -0.05) is 36.4 Å². The normalized spacial score (nSPS) is 11.6.